The molecule has 0 fully saturated rings. The molecule has 4 heteroatoms. The van der Waals surface area contributed by atoms with Gasteiger partial charge in [-0.2, -0.15) is 0 Å². The van der Waals surface area contributed by atoms with Crippen LogP contribution in [0.1, 0.15) is 11.7 Å². The Morgan fingerprint density at radius 1 is 1.21 bits per heavy atom. The first kappa shape index (κ1) is 13.9. The largest absolute Gasteiger partial charge is 0.497 e. The summed E-state index contributed by atoms with van der Waals surface area (Å²) in [5, 5.41) is 13.3. The summed E-state index contributed by atoms with van der Waals surface area (Å²) in [6.45, 7) is 0.453. The molecule has 0 amide bonds. The highest BCUT2D eigenvalue weighted by Gasteiger charge is 2.08. The Bertz CT molecular complexity index is 528. The summed E-state index contributed by atoms with van der Waals surface area (Å²) in [7, 11) is 1.62. The lowest BCUT2D eigenvalue weighted by Gasteiger charge is -2.14. The highest BCUT2D eigenvalue weighted by atomic mass is 79.9. The number of hydrogen-bond donors (Lipinski definition) is 2. The minimum Gasteiger partial charge on any atom is -0.497 e. The highest BCUT2D eigenvalue weighted by Crippen LogP contribution is 2.20. The van der Waals surface area contributed by atoms with Gasteiger partial charge < -0.3 is 15.2 Å². The Morgan fingerprint density at radius 2 is 1.95 bits per heavy atom. The number of rotatable bonds is 5. The maximum atomic E-state index is 10.1. The standard InChI is InChI=1S/C15H16BrNO2/c1-19-14-4-2-3-11(9-14)15(18)10-17-13-7-5-12(16)6-8-13/h2-9,15,17-18H,10H2,1H3. The Balaban J connectivity index is 1.96. The van der Waals surface area contributed by atoms with E-state index in [1.807, 2.05) is 48.5 Å². The summed E-state index contributed by atoms with van der Waals surface area (Å²) in [5.74, 6) is 0.750. The van der Waals surface area contributed by atoms with E-state index in [4.69, 9.17) is 4.74 Å². The van der Waals surface area contributed by atoms with E-state index >= 15 is 0 Å². The number of aliphatic hydroxyl groups excluding tert-OH is 1. The second kappa shape index (κ2) is 6.59. The predicted molar refractivity (Wildman–Crippen MR) is 80.6 cm³/mol. The molecular weight excluding hydrogens is 306 g/mol. The Kier molecular flexibility index (Phi) is 4.82. The fourth-order valence-electron chi connectivity index (χ4n) is 1.75. The Hall–Kier alpha value is -1.52. The predicted octanol–water partition coefficient (Wildman–Crippen LogP) is 3.60. The van der Waals surface area contributed by atoms with Gasteiger partial charge in [-0.05, 0) is 42.0 Å². The van der Waals surface area contributed by atoms with Crippen molar-refractivity contribution in [3.05, 3.63) is 58.6 Å². The van der Waals surface area contributed by atoms with E-state index < -0.39 is 6.10 Å². The monoisotopic (exact) mass is 321 g/mol. The van der Waals surface area contributed by atoms with E-state index in [0.717, 1.165) is 21.5 Å². The molecule has 0 saturated heterocycles. The zero-order valence-corrected chi connectivity index (χ0v) is 12.2. The van der Waals surface area contributed by atoms with E-state index in [1.165, 1.54) is 0 Å². The number of hydrogen-bond acceptors (Lipinski definition) is 3. The molecule has 0 aromatic heterocycles. The second-order valence-electron chi connectivity index (χ2n) is 4.18. The van der Waals surface area contributed by atoms with Gasteiger partial charge in [0.2, 0.25) is 0 Å². The number of anilines is 1. The van der Waals surface area contributed by atoms with E-state index in [0.29, 0.717) is 6.54 Å². The minimum absolute atomic E-state index is 0.453. The number of nitrogens with one attached hydrogen (secondary N) is 1. The molecule has 2 N–H and O–H groups in total. The van der Waals surface area contributed by atoms with Gasteiger partial charge in [-0.25, -0.2) is 0 Å². The molecule has 0 aliphatic heterocycles. The molecule has 0 spiro atoms. The average Bonchev–Trinajstić information content (AvgIpc) is 2.46. The molecule has 19 heavy (non-hydrogen) atoms. The average molecular weight is 322 g/mol. The van der Waals surface area contributed by atoms with Gasteiger partial charge in [-0.3, -0.25) is 0 Å². The molecule has 2 aromatic carbocycles. The molecule has 0 aliphatic rings. The van der Waals surface area contributed by atoms with Crippen molar-refractivity contribution in [2.45, 2.75) is 6.10 Å². The Labute approximate surface area is 121 Å². The van der Waals surface area contributed by atoms with Crippen LogP contribution in [0.5, 0.6) is 5.75 Å². The van der Waals surface area contributed by atoms with Crippen LogP contribution in [0.4, 0.5) is 5.69 Å². The lowest BCUT2D eigenvalue weighted by Crippen LogP contribution is -2.12. The van der Waals surface area contributed by atoms with Crippen molar-refractivity contribution in [2.75, 3.05) is 19.0 Å². The molecule has 100 valence electrons. The third-order valence-corrected chi connectivity index (χ3v) is 3.35. The third kappa shape index (κ3) is 3.98. The second-order valence-corrected chi connectivity index (χ2v) is 5.10. The van der Waals surface area contributed by atoms with Gasteiger partial charge in [0.25, 0.3) is 0 Å². The molecule has 0 heterocycles. The SMILES string of the molecule is COc1cccc(C(O)CNc2ccc(Br)cc2)c1. The summed E-state index contributed by atoms with van der Waals surface area (Å²) in [4.78, 5) is 0. The van der Waals surface area contributed by atoms with Gasteiger partial charge >= 0.3 is 0 Å². The van der Waals surface area contributed by atoms with E-state index in [-0.39, 0.29) is 0 Å². The normalized spacial score (nSPS) is 11.9. The van der Waals surface area contributed by atoms with E-state index in [9.17, 15) is 5.11 Å². The number of benzene rings is 2. The summed E-state index contributed by atoms with van der Waals surface area (Å²) < 4.78 is 6.18. The summed E-state index contributed by atoms with van der Waals surface area (Å²) in [5.41, 5.74) is 1.81. The van der Waals surface area contributed by atoms with Crippen LogP contribution < -0.4 is 10.1 Å². The molecule has 0 bridgehead atoms. The van der Waals surface area contributed by atoms with Crippen molar-refractivity contribution >= 4 is 21.6 Å². The van der Waals surface area contributed by atoms with Gasteiger partial charge in [0.15, 0.2) is 0 Å². The van der Waals surface area contributed by atoms with Crippen LogP contribution in [0.15, 0.2) is 53.0 Å². The summed E-state index contributed by atoms with van der Waals surface area (Å²) in [6, 6.07) is 15.3. The molecule has 1 atom stereocenters. The van der Waals surface area contributed by atoms with Crippen molar-refractivity contribution in [1.82, 2.24) is 0 Å². The zero-order valence-electron chi connectivity index (χ0n) is 10.6. The zero-order chi connectivity index (χ0) is 13.7. The molecule has 0 aliphatic carbocycles. The van der Waals surface area contributed by atoms with Gasteiger partial charge in [-0.15, -0.1) is 0 Å². The molecule has 2 aromatic rings. The van der Waals surface area contributed by atoms with Crippen LogP contribution in [0.3, 0.4) is 0 Å². The smallest absolute Gasteiger partial charge is 0.119 e. The Morgan fingerprint density at radius 3 is 2.63 bits per heavy atom. The maximum absolute atomic E-state index is 10.1. The van der Waals surface area contributed by atoms with Crippen LogP contribution in [0.2, 0.25) is 0 Å². The van der Waals surface area contributed by atoms with Gasteiger partial charge in [0, 0.05) is 16.7 Å². The number of aliphatic hydroxyl groups is 1. The summed E-state index contributed by atoms with van der Waals surface area (Å²) in [6.07, 6.45) is -0.571. The highest BCUT2D eigenvalue weighted by molar-refractivity contribution is 9.10. The van der Waals surface area contributed by atoms with Gasteiger partial charge in [0.1, 0.15) is 5.75 Å². The summed E-state index contributed by atoms with van der Waals surface area (Å²) >= 11 is 3.39. The molecule has 0 radical (unpaired) electrons. The molecule has 1 unspecified atom stereocenters. The first-order valence-corrected chi connectivity index (χ1v) is 6.80. The van der Waals surface area contributed by atoms with Crippen LogP contribution in [-0.4, -0.2) is 18.8 Å². The van der Waals surface area contributed by atoms with E-state index in [1.54, 1.807) is 7.11 Å². The van der Waals surface area contributed by atoms with Gasteiger partial charge in [-0.1, -0.05) is 28.1 Å². The van der Waals surface area contributed by atoms with E-state index in [2.05, 4.69) is 21.2 Å². The van der Waals surface area contributed by atoms with Crippen LogP contribution in [-0.2, 0) is 0 Å². The van der Waals surface area contributed by atoms with Crippen molar-refractivity contribution < 1.29 is 9.84 Å². The quantitative estimate of drug-likeness (QED) is 0.884. The maximum Gasteiger partial charge on any atom is 0.119 e. The molecular formula is C15H16BrNO2. The first-order valence-electron chi connectivity index (χ1n) is 6.00. The minimum atomic E-state index is -0.571. The van der Waals surface area contributed by atoms with Crippen molar-refractivity contribution in [3.63, 3.8) is 0 Å². The van der Waals surface area contributed by atoms with Crippen molar-refractivity contribution in [1.29, 1.82) is 0 Å². The first-order chi connectivity index (χ1) is 9.19. The number of ether oxygens (including phenoxy) is 1. The lowest BCUT2D eigenvalue weighted by atomic mass is 10.1. The van der Waals surface area contributed by atoms with Gasteiger partial charge in [0.05, 0.1) is 13.2 Å². The van der Waals surface area contributed by atoms with Crippen LogP contribution in [0, 0.1) is 0 Å². The third-order valence-electron chi connectivity index (χ3n) is 2.82. The number of halogens is 1. The van der Waals surface area contributed by atoms with Crippen molar-refractivity contribution in [3.8, 4) is 5.75 Å². The number of methoxy groups -OCH3 is 1. The fraction of sp³-hybridized carbons (Fsp3) is 0.200. The van der Waals surface area contributed by atoms with Crippen LogP contribution in [0.25, 0.3) is 0 Å². The lowest BCUT2D eigenvalue weighted by molar-refractivity contribution is 0.191. The topological polar surface area (TPSA) is 41.5 Å². The van der Waals surface area contributed by atoms with Crippen molar-refractivity contribution in [2.24, 2.45) is 0 Å². The van der Waals surface area contributed by atoms with Crippen LogP contribution >= 0.6 is 15.9 Å². The molecule has 2 rings (SSSR count). The fourth-order valence-corrected chi connectivity index (χ4v) is 2.01. The molecule has 0 saturated carbocycles. The molecule has 3 nitrogen and oxygen atoms in total.